The standard InChI is InChI=1S/C11H20.C7H14.2C6H11F3.C6H12.C6H14.3C5H12.3C4H10.C3H8.C2H6/c1-10-4-8-11(9-5-10)6-2-3-7-11;1-7-5-3-2-4-6-7;2*1-3-5(2)4-6(7,8)9;1-6-4-2-3-5-6;1-5-6(2,3)4;2*1-5(2,3)4;1-4-5(2)3;1-4(2)3;2*1-3-4-2;1-3-2;1-2/h10H,2-9H2,1H3;7H,2-6H2,1H3;2*5H,3-4H2,1-2H3;6H,2-5H2,1H3;5H2,1-4H3;2*1-4H3;5H,4H2,1-3H3;4H,1-3H3;2*3-4H2,1-2H3;3H2,1-2H3;1-2H3/t;;2*5-;;;;;;;;;;/m..00........../s1/i;7D;;;6D;5D2;1D3;;4D2;;3D2;;;. The lowest BCUT2D eigenvalue weighted by Crippen LogP contribution is -2.23. The maximum atomic E-state index is 11.5. The summed E-state index contributed by atoms with van der Waals surface area (Å²) in [6.07, 6.45) is 16.6. The van der Waals surface area contributed by atoms with Gasteiger partial charge in [-0.05, 0) is 88.7 Å². The van der Waals surface area contributed by atoms with Crippen LogP contribution in [-0.4, -0.2) is 12.4 Å². The van der Waals surface area contributed by atoms with E-state index in [2.05, 4.69) is 83.1 Å². The van der Waals surface area contributed by atoms with Gasteiger partial charge in [0, 0.05) is 27.9 Å². The Bertz CT molecular complexity index is 1390. The molecule has 0 nitrogen and oxygen atoms in total. The third-order valence-corrected chi connectivity index (χ3v) is 11.9. The highest BCUT2D eigenvalue weighted by molar-refractivity contribution is 4.88. The minimum atomic E-state index is -3.98. The molecule has 0 unspecified atom stereocenters. The van der Waals surface area contributed by atoms with Crippen LogP contribution >= 0.6 is 0 Å². The van der Waals surface area contributed by atoms with Gasteiger partial charge in [0.05, 0.1) is 0 Å². The van der Waals surface area contributed by atoms with E-state index in [1.165, 1.54) is 77.0 Å². The zero-order chi connectivity index (χ0) is 75.6. The smallest absolute Gasteiger partial charge is 0.171 e. The average molecular weight is 1180 g/mol. The summed E-state index contributed by atoms with van der Waals surface area (Å²) in [6, 6.07) is 0. The molecule has 0 aromatic carbocycles. The van der Waals surface area contributed by atoms with Crippen LogP contribution in [0.15, 0.2) is 0 Å². The van der Waals surface area contributed by atoms with Crippen LogP contribution < -0.4 is 0 Å². The summed E-state index contributed by atoms with van der Waals surface area (Å²) in [4.78, 5) is 0. The van der Waals surface area contributed by atoms with Crippen LogP contribution in [0.1, 0.15) is 423 Å². The molecule has 4 rings (SSSR count). The van der Waals surface area contributed by atoms with Crippen molar-refractivity contribution in [1.82, 2.24) is 0 Å². The molecule has 0 bridgehead atoms. The molecular weight excluding hydrogens is 1000 g/mol. The van der Waals surface area contributed by atoms with Gasteiger partial charge in [-0.3, -0.25) is 0 Å². The number of hydrogen-bond acceptors (Lipinski definition) is 0. The lowest BCUT2D eigenvalue weighted by Gasteiger charge is -2.36. The van der Waals surface area contributed by atoms with Crippen molar-refractivity contribution >= 4 is 0 Å². The highest BCUT2D eigenvalue weighted by Gasteiger charge is 2.36. The SMILES string of the molecule is CC.CC(C)(C)C.CC(C)C.CC1CCC2(CCCC2)CC1.CCC.CCCC.CC[C@H](C)CC(F)(F)F.CC[C@H](C)CC(F)(F)F.[2H]C([2H])(C)C(C)(C)C.[2H]C([2H])(C)C(C)C.[2H]C([2H])(C)CC.[2H]C([2H])([2H])C(C)(C)C.[2H]C1(C)CCCC1.[2H]C1(C)CCCCC1. The maximum absolute atomic E-state index is 11.5. The molecule has 0 radical (unpaired) electrons. The largest absolute Gasteiger partial charge is 0.389 e. The van der Waals surface area contributed by atoms with Crippen molar-refractivity contribution in [1.29, 1.82) is 0 Å². The molecule has 0 aromatic heterocycles. The highest BCUT2D eigenvalue weighted by Crippen LogP contribution is 2.50. The summed E-state index contributed by atoms with van der Waals surface area (Å²) in [6.45, 7) is 60.4. The zero-order valence-corrected chi connectivity index (χ0v) is 60.8. The fourth-order valence-corrected chi connectivity index (χ4v) is 6.21. The van der Waals surface area contributed by atoms with Crippen LogP contribution in [0.2, 0.25) is 0 Å². The van der Waals surface area contributed by atoms with E-state index in [1.807, 2.05) is 69.2 Å². The first kappa shape index (κ1) is 75.7. The molecule has 80 heavy (non-hydrogen) atoms. The van der Waals surface area contributed by atoms with E-state index < -0.39 is 56.6 Å². The number of unbranched alkanes of at least 4 members (excludes halogenated alkanes) is 1. The summed E-state index contributed by atoms with van der Waals surface area (Å²) >= 11 is 0. The van der Waals surface area contributed by atoms with Crippen LogP contribution in [0.4, 0.5) is 26.3 Å². The summed E-state index contributed by atoms with van der Waals surface area (Å²) in [5.74, 6) is 1.40. The Morgan fingerprint density at radius 1 is 0.475 bits per heavy atom. The Labute approximate surface area is 523 Å². The van der Waals surface area contributed by atoms with Crippen LogP contribution in [0.5, 0.6) is 0 Å². The molecule has 4 fully saturated rings. The van der Waals surface area contributed by atoms with Crippen molar-refractivity contribution in [3.8, 4) is 0 Å². The van der Waals surface area contributed by atoms with Gasteiger partial charge >= 0.3 is 12.4 Å². The zero-order valence-electron chi connectivity index (χ0n) is 71.8. The van der Waals surface area contributed by atoms with E-state index >= 15 is 0 Å². The predicted octanol–water partition coefficient (Wildman–Crippen LogP) is 30.8. The number of alkyl halides is 6. The molecule has 500 valence electrons. The first-order valence-electron chi connectivity index (χ1n) is 38.3. The van der Waals surface area contributed by atoms with Crippen molar-refractivity contribution in [2.45, 2.75) is 420 Å². The molecule has 0 saturated heterocycles. The quantitative estimate of drug-likeness (QED) is 0.223. The number of rotatable bonds is 7. The Morgan fingerprint density at radius 2 is 0.713 bits per heavy atom. The molecule has 4 saturated carbocycles. The van der Waals surface area contributed by atoms with Crippen molar-refractivity contribution in [3.63, 3.8) is 0 Å². The van der Waals surface area contributed by atoms with E-state index in [0.29, 0.717) is 24.7 Å². The van der Waals surface area contributed by atoms with Gasteiger partial charge in [0.25, 0.3) is 0 Å². The molecular formula is C74H162F6. The second-order valence-corrected chi connectivity index (χ2v) is 27.6. The summed E-state index contributed by atoms with van der Waals surface area (Å²) in [5, 5.41) is 0. The van der Waals surface area contributed by atoms with Crippen molar-refractivity contribution in [3.05, 3.63) is 0 Å². The van der Waals surface area contributed by atoms with Crippen molar-refractivity contribution < 1.29 is 41.4 Å². The Kier molecular flexibility index (Phi) is 62.5. The second-order valence-electron chi connectivity index (χ2n) is 27.6. The molecule has 1 spiro atoms. The first-order chi connectivity index (χ1) is 40.2. The fourth-order valence-electron chi connectivity index (χ4n) is 6.21. The number of halogens is 6. The maximum Gasteiger partial charge on any atom is 0.389 e. The molecule has 0 aliphatic heterocycles. The van der Waals surface area contributed by atoms with E-state index in [-0.39, 0.29) is 35.0 Å². The topological polar surface area (TPSA) is 0 Å². The number of hydrogen-bond donors (Lipinski definition) is 0. The lowest BCUT2D eigenvalue weighted by molar-refractivity contribution is -0.144. The molecule has 4 aliphatic rings. The van der Waals surface area contributed by atoms with Gasteiger partial charge < -0.3 is 0 Å². The van der Waals surface area contributed by atoms with Gasteiger partial charge in [0.1, 0.15) is 0 Å². The highest BCUT2D eigenvalue weighted by atomic mass is 19.4. The molecule has 6 heteroatoms. The van der Waals surface area contributed by atoms with E-state index in [9.17, 15) is 26.3 Å². The Morgan fingerprint density at radius 3 is 0.838 bits per heavy atom. The second kappa shape index (κ2) is 66.1. The first-order valence-corrected chi connectivity index (χ1v) is 32.8. The fraction of sp³-hybridized carbons (Fsp3) is 1.00. The van der Waals surface area contributed by atoms with Gasteiger partial charge in [-0.1, -0.05) is 370 Å². The average Bonchev–Trinajstić information content (AvgIpc) is 3.99. The monoisotopic (exact) mass is 1180 g/mol. The van der Waals surface area contributed by atoms with Gasteiger partial charge in [0.15, 0.2) is 0 Å². The molecule has 2 atom stereocenters. The molecule has 0 amide bonds. The minimum Gasteiger partial charge on any atom is -0.171 e. The van der Waals surface area contributed by atoms with Gasteiger partial charge in [-0.25, -0.2) is 0 Å². The van der Waals surface area contributed by atoms with Crippen LogP contribution in [0, 0.1) is 63.0 Å². The van der Waals surface area contributed by atoms with Gasteiger partial charge in [-0.15, -0.1) is 0 Å². The van der Waals surface area contributed by atoms with Crippen LogP contribution in [0.25, 0.3) is 0 Å². The van der Waals surface area contributed by atoms with Crippen LogP contribution in [0.3, 0.4) is 0 Å². The molecule has 0 N–H and O–H groups in total. The van der Waals surface area contributed by atoms with E-state index in [0.717, 1.165) is 42.9 Å². The summed E-state index contributed by atoms with van der Waals surface area (Å²) in [5.41, 5.74) is 0.562. The minimum absolute atomic E-state index is 0.0556. The summed E-state index contributed by atoms with van der Waals surface area (Å²) in [7, 11) is 0. The van der Waals surface area contributed by atoms with Crippen molar-refractivity contribution in [2.75, 3.05) is 0 Å². The van der Waals surface area contributed by atoms with Gasteiger partial charge in [-0.2, -0.15) is 26.3 Å². The third-order valence-electron chi connectivity index (χ3n) is 11.9. The normalized spacial score (nSPS) is 20.0. The molecule has 4 aliphatic carbocycles. The van der Waals surface area contributed by atoms with E-state index in [1.54, 1.807) is 94.9 Å². The Balaban J connectivity index is -0.0000000985. The van der Waals surface area contributed by atoms with E-state index in [4.69, 9.17) is 15.1 Å². The lowest BCUT2D eigenvalue weighted by atomic mass is 9.70. The predicted molar refractivity (Wildman–Crippen MR) is 363 cm³/mol. The summed E-state index contributed by atoms with van der Waals surface area (Å²) < 4.78 is 147. The molecule has 0 heterocycles. The molecule has 0 aromatic rings. The van der Waals surface area contributed by atoms with Crippen LogP contribution in [-0.2, 0) is 0 Å². The van der Waals surface area contributed by atoms with Gasteiger partial charge in [0.2, 0.25) is 0 Å². The Hall–Kier alpha value is -0.420. The third kappa shape index (κ3) is 142. The van der Waals surface area contributed by atoms with Crippen molar-refractivity contribution in [2.24, 2.45) is 63.0 Å².